The topological polar surface area (TPSA) is 139 Å². The summed E-state index contributed by atoms with van der Waals surface area (Å²) in [7, 11) is 0. The molecule has 0 bridgehead atoms. The minimum absolute atomic E-state index is 0.0509. The van der Waals surface area contributed by atoms with Crippen LogP contribution < -0.4 is 10.6 Å². The number of nitrogens with one attached hydrogen (secondary N) is 2. The lowest BCUT2D eigenvalue weighted by Crippen LogP contribution is -2.22. The van der Waals surface area contributed by atoms with Crippen molar-refractivity contribution >= 4 is 46.6 Å². The van der Waals surface area contributed by atoms with Crippen LogP contribution in [0, 0.1) is 17.0 Å². The molecule has 2 amide bonds. The van der Waals surface area contributed by atoms with Gasteiger partial charge in [0.25, 0.3) is 5.69 Å². The molecule has 0 radical (unpaired) electrons. The summed E-state index contributed by atoms with van der Waals surface area (Å²) in [4.78, 5) is 45.7. The zero-order valence-corrected chi connectivity index (χ0v) is 16.9. The molecule has 1 unspecified atom stereocenters. The van der Waals surface area contributed by atoms with Crippen molar-refractivity contribution in [2.45, 2.75) is 24.0 Å². The molecule has 0 aliphatic rings. The number of non-ortho nitro benzene ring substituents is 1. The minimum atomic E-state index is -1.22. The van der Waals surface area contributed by atoms with Crippen molar-refractivity contribution in [3.63, 3.8) is 0 Å². The third-order valence-electron chi connectivity index (χ3n) is 3.84. The average molecular weight is 429 g/mol. The fraction of sp³-hybridized carbons (Fsp3) is 0.150. The molecule has 0 aliphatic carbocycles. The monoisotopic (exact) mass is 429 g/mol. The number of carbonyl (C=O) groups is 3. The molecule has 3 N–H and O–H groups in total. The zero-order chi connectivity index (χ0) is 22.3. The van der Waals surface area contributed by atoms with E-state index >= 15 is 0 Å². The van der Waals surface area contributed by atoms with Crippen LogP contribution in [0.1, 0.15) is 12.5 Å². The van der Waals surface area contributed by atoms with Gasteiger partial charge >= 0.3 is 5.97 Å². The molecular weight excluding hydrogens is 410 g/mol. The van der Waals surface area contributed by atoms with Crippen LogP contribution in [-0.2, 0) is 14.4 Å². The molecule has 0 saturated heterocycles. The number of hydrogen-bond donors (Lipinski definition) is 3. The Morgan fingerprint density at radius 2 is 1.87 bits per heavy atom. The Hall–Kier alpha value is -3.66. The van der Waals surface area contributed by atoms with Crippen LogP contribution in [0.4, 0.5) is 17.1 Å². The highest BCUT2D eigenvalue weighted by atomic mass is 32.2. The second-order valence-corrected chi connectivity index (χ2v) is 7.61. The number of thioether (sulfide) groups is 1. The number of nitro benzene ring substituents is 1. The highest BCUT2D eigenvalue weighted by Gasteiger charge is 2.17. The molecule has 2 aromatic rings. The Bertz CT molecular complexity index is 1020. The van der Waals surface area contributed by atoms with E-state index in [0.29, 0.717) is 16.9 Å². The van der Waals surface area contributed by atoms with Gasteiger partial charge in [-0.05, 0) is 43.7 Å². The van der Waals surface area contributed by atoms with Crippen LogP contribution in [0.5, 0.6) is 0 Å². The van der Waals surface area contributed by atoms with Gasteiger partial charge in [0.15, 0.2) is 0 Å². The summed E-state index contributed by atoms with van der Waals surface area (Å²) in [6.07, 6.45) is 1.64. The van der Waals surface area contributed by atoms with Crippen LogP contribution in [0.25, 0.3) is 0 Å². The Balaban J connectivity index is 2.01. The summed E-state index contributed by atoms with van der Waals surface area (Å²) in [6.45, 7) is 3.38. The maximum atomic E-state index is 12.5. The number of nitro groups is 1. The van der Waals surface area contributed by atoms with Gasteiger partial charge in [0, 0.05) is 40.6 Å². The summed E-state index contributed by atoms with van der Waals surface area (Å²) >= 11 is 1.26. The number of carboxylic acids is 1. The van der Waals surface area contributed by atoms with Gasteiger partial charge in [0.1, 0.15) is 0 Å². The van der Waals surface area contributed by atoms with Crippen LogP contribution in [0.15, 0.2) is 59.5 Å². The van der Waals surface area contributed by atoms with E-state index in [-0.39, 0.29) is 11.6 Å². The number of rotatable bonds is 8. The second kappa shape index (κ2) is 10.2. The first-order valence-electron chi connectivity index (χ1n) is 8.70. The van der Waals surface area contributed by atoms with E-state index in [1.54, 1.807) is 38.1 Å². The van der Waals surface area contributed by atoms with E-state index in [9.17, 15) is 24.5 Å². The van der Waals surface area contributed by atoms with Crippen molar-refractivity contribution < 1.29 is 24.4 Å². The number of benzene rings is 2. The zero-order valence-electron chi connectivity index (χ0n) is 16.1. The lowest BCUT2D eigenvalue weighted by atomic mass is 10.2. The number of anilines is 2. The molecule has 0 aliphatic heterocycles. The lowest BCUT2D eigenvalue weighted by Gasteiger charge is -2.14. The quantitative estimate of drug-likeness (QED) is 0.252. The Morgan fingerprint density at radius 3 is 2.50 bits per heavy atom. The van der Waals surface area contributed by atoms with Gasteiger partial charge < -0.3 is 15.7 Å². The first kappa shape index (κ1) is 22.6. The van der Waals surface area contributed by atoms with Crippen LogP contribution in [0.3, 0.4) is 0 Å². The highest BCUT2D eigenvalue weighted by Crippen LogP contribution is 2.27. The molecule has 0 aromatic heterocycles. The molecule has 2 rings (SSSR count). The predicted octanol–water partition coefficient (Wildman–Crippen LogP) is 3.60. The standard InChI is InChI=1S/C20H19N3O6S/c1-12-10-15(23(28)29)6-7-17(12)22-20(27)13(2)30-16-5-3-4-14(11-16)21-18(24)8-9-19(25)26/h3-11,13H,1-2H3,(H,21,24)(H,22,27)(H,25,26)/b9-8+. The van der Waals surface area contributed by atoms with Crippen molar-refractivity contribution in [1.82, 2.24) is 0 Å². The number of hydrogen-bond acceptors (Lipinski definition) is 6. The third-order valence-corrected chi connectivity index (χ3v) is 4.93. The fourth-order valence-electron chi connectivity index (χ4n) is 2.37. The minimum Gasteiger partial charge on any atom is -0.478 e. The maximum absolute atomic E-state index is 12.5. The molecular formula is C20H19N3O6S. The summed E-state index contributed by atoms with van der Waals surface area (Å²) in [6, 6.07) is 11.0. The van der Waals surface area contributed by atoms with Crippen molar-refractivity contribution in [1.29, 1.82) is 0 Å². The molecule has 10 heteroatoms. The number of nitrogens with zero attached hydrogens (tertiary/aromatic N) is 1. The molecule has 30 heavy (non-hydrogen) atoms. The van der Waals surface area contributed by atoms with Gasteiger partial charge in [0.2, 0.25) is 11.8 Å². The van der Waals surface area contributed by atoms with Crippen molar-refractivity contribution in [3.05, 3.63) is 70.3 Å². The van der Waals surface area contributed by atoms with E-state index in [1.807, 2.05) is 0 Å². The molecule has 1 atom stereocenters. The summed E-state index contributed by atoms with van der Waals surface area (Å²) in [5, 5.41) is 24.2. The van der Waals surface area contributed by atoms with Gasteiger partial charge in [-0.2, -0.15) is 0 Å². The first-order valence-corrected chi connectivity index (χ1v) is 9.58. The van der Waals surface area contributed by atoms with Crippen molar-refractivity contribution in [2.24, 2.45) is 0 Å². The number of aliphatic carboxylic acids is 1. The van der Waals surface area contributed by atoms with E-state index in [4.69, 9.17) is 5.11 Å². The molecule has 0 spiro atoms. The largest absolute Gasteiger partial charge is 0.478 e. The molecule has 0 heterocycles. The second-order valence-electron chi connectivity index (χ2n) is 6.19. The van der Waals surface area contributed by atoms with E-state index in [0.717, 1.165) is 17.0 Å². The number of carbonyl (C=O) groups excluding carboxylic acids is 2. The Morgan fingerprint density at radius 1 is 1.13 bits per heavy atom. The Labute approximate surface area is 176 Å². The summed E-state index contributed by atoms with van der Waals surface area (Å²) in [5.74, 6) is -2.09. The SMILES string of the molecule is Cc1cc([N+](=O)[O-])ccc1NC(=O)C(C)Sc1cccc(NC(=O)/C=C/C(=O)O)c1. The molecule has 2 aromatic carbocycles. The summed E-state index contributed by atoms with van der Waals surface area (Å²) < 4.78 is 0. The normalized spacial score (nSPS) is 11.7. The Kier molecular flexibility index (Phi) is 7.70. The van der Waals surface area contributed by atoms with Gasteiger partial charge in [-0.3, -0.25) is 19.7 Å². The van der Waals surface area contributed by atoms with Crippen LogP contribution in [-0.4, -0.2) is 33.1 Å². The number of carboxylic acid groups (broad SMARTS) is 1. The smallest absolute Gasteiger partial charge is 0.328 e. The van der Waals surface area contributed by atoms with Gasteiger partial charge in [-0.1, -0.05) is 6.07 Å². The maximum Gasteiger partial charge on any atom is 0.328 e. The first-order chi connectivity index (χ1) is 14.2. The molecule has 0 fully saturated rings. The van der Waals surface area contributed by atoms with E-state index in [1.165, 1.54) is 30.0 Å². The number of aryl methyl sites for hydroxylation is 1. The van der Waals surface area contributed by atoms with Crippen LogP contribution in [0.2, 0.25) is 0 Å². The van der Waals surface area contributed by atoms with Gasteiger partial charge in [-0.25, -0.2) is 4.79 Å². The summed E-state index contributed by atoms with van der Waals surface area (Å²) in [5.41, 5.74) is 1.47. The molecule has 0 saturated carbocycles. The van der Waals surface area contributed by atoms with Gasteiger partial charge in [0.05, 0.1) is 10.2 Å². The predicted molar refractivity (Wildman–Crippen MR) is 114 cm³/mol. The van der Waals surface area contributed by atoms with E-state index in [2.05, 4.69) is 10.6 Å². The lowest BCUT2D eigenvalue weighted by molar-refractivity contribution is -0.384. The highest BCUT2D eigenvalue weighted by molar-refractivity contribution is 8.00. The fourth-order valence-corrected chi connectivity index (χ4v) is 3.30. The molecule has 156 valence electrons. The third kappa shape index (κ3) is 6.74. The average Bonchev–Trinajstić information content (AvgIpc) is 2.68. The molecule has 9 nitrogen and oxygen atoms in total. The number of amides is 2. The van der Waals surface area contributed by atoms with Crippen molar-refractivity contribution in [2.75, 3.05) is 10.6 Å². The van der Waals surface area contributed by atoms with E-state index < -0.39 is 22.0 Å². The van der Waals surface area contributed by atoms with Gasteiger partial charge in [-0.15, -0.1) is 11.8 Å². The van der Waals surface area contributed by atoms with Crippen LogP contribution >= 0.6 is 11.8 Å². The van der Waals surface area contributed by atoms with Crippen molar-refractivity contribution in [3.8, 4) is 0 Å².